The first-order chi connectivity index (χ1) is 6.79. The first kappa shape index (κ1) is 8.88. The van der Waals surface area contributed by atoms with Crippen LogP contribution in [-0.4, -0.2) is 14.1 Å². The molecule has 1 heterocycles. The van der Waals surface area contributed by atoms with Crippen LogP contribution in [0.1, 0.15) is 0 Å². The summed E-state index contributed by atoms with van der Waals surface area (Å²) in [6.45, 7) is 0. The number of benzene rings is 1. The Morgan fingerprint density at radius 1 is 1.21 bits per heavy atom. The van der Waals surface area contributed by atoms with E-state index >= 15 is 0 Å². The number of nitrogens with zero attached hydrogens (tertiary/aromatic N) is 1. The van der Waals surface area contributed by atoms with Gasteiger partial charge >= 0.3 is 0 Å². The van der Waals surface area contributed by atoms with E-state index in [1.54, 1.807) is 6.26 Å². The molecule has 0 unspecified atom stereocenters. The number of hydrogen-bond acceptors (Lipinski definition) is 2. The fraction of sp³-hybridized carbons (Fsp3) is 0.167. The normalized spacial score (nSPS) is 10.1. The molecule has 2 nitrogen and oxygen atoms in total. The second-order valence-corrected chi connectivity index (χ2v) is 3.30. The van der Waals surface area contributed by atoms with E-state index in [2.05, 4.69) is 6.07 Å². The van der Waals surface area contributed by atoms with Crippen molar-refractivity contribution in [2.24, 2.45) is 0 Å². The Labute approximate surface area is 83.8 Å². The average molecular weight is 186 g/mol. The molecule has 0 spiro atoms. The van der Waals surface area contributed by atoms with Crippen LogP contribution >= 0.6 is 0 Å². The molecule has 0 aliphatic carbocycles. The molecule has 14 heavy (non-hydrogen) atoms. The first-order valence-corrected chi connectivity index (χ1v) is 4.51. The third-order valence-corrected chi connectivity index (χ3v) is 2.07. The lowest BCUT2D eigenvalue weighted by atomic mass is 10.1. The van der Waals surface area contributed by atoms with Crippen molar-refractivity contribution >= 4 is 5.69 Å². The van der Waals surface area contributed by atoms with Crippen molar-refractivity contribution in [3.05, 3.63) is 42.7 Å². The number of furan rings is 1. The number of para-hydroxylation sites is 1. The van der Waals surface area contributed by atoms with Crippen molar-refractivity contribution in [3.8, 4) is 11.3 Å². The summed E-state index contributed by atoms with van der Waals surface area (Å²) in [6, 6.07) is 12.9. The molecule has 0 aliphatic rings. The van der Waals surface area contributed by atoms with Crippen LogP contribution in [0.25, 0.3) is 11.3 Å². The molecule has 0 atom stereocenters. The molecule has 2 heteroatoms. The van der Waals surface area contributed by atoms with Crippen molar-refractivity contribution in [1.82, 2.24) is 0 Å². The highest BCUT2D eigenvalue weighted by molar-refractivity contribution is 5.74. The van der Waals surface area contributed by atoms with Crippen LogP contribution in [0.2, 0.25) is 0 Å². The zero-order valence-electron chi connectivity index (χ0n) is 8.32. The summed E-state index contributed by atoms with van der Waals surface area (Å²) in [7, 11) is 4.00. The third-order valence-electron chi connectivity index (χ3n) is 2.07. The Morgan fingerprint density at radius 3 is 2.71 bits per heavy atom. The molecular weight excluding hydrogens is 174 g/mol. The van der Waals surface area contributed by atoms with E-state index < -0.39 is 0 Å². The van der Waals surface area contributed by atoms with Crippen molar-refractivity contribution in [3.63, 3.8) is 0 Å². The molecule has 2 rings (SSSR count). The van der Waals surface area contributed by atoms with Crippen LogP contribution in [0, 0.1) is 6.07 Å². The van der Waals surface area contributed by atoms with Crippen LogP contribution in [-0.2, 0) is 0 Å². The van der Waals surface area contributed by atoms with E-state index in [9.17, 15) is 0 Å². The SMILES string of the molecule is CN(C)c1[c]cccc1-c1ccco1. The van der Waals surface area contributed by atoms with Crippen LogP contribution < -0.4 is 4.90 Å². The fourth-order valence-electron chi connectivity index (χ4n) is 1.43. The van der Waals surface area contributed by atoms with Gasteiger partial charge in [0, 0.05) is 25.7 Å². The summed E-state index contributed by atoms with van der Waals surface area (Å²) >= 11 is 0. The van der Waals surface area contributed by atoms with Crippen molar-refractivity contribution in [2.75, 3.05) is 19.0 Å². The Kier molecular flexibility index (Phi) is 2.27. The molecule has 0 aliphatic heterocycles. The maximum atomic E-state index is 5.36. The molecule has 1 aromatic heterocycles. The van der Waals surface area contributed by atoms with Gasteiger partial charge in [-0.3, -0.25) is 0 Å². The number of hydrogen-bond donors (Lipinski definition) is 0. The maximum absolute atomic E-state index is 5.36. The van der Waals surface area contributed by atoms with Crippen molar-refractivity contribution < 1.29 is 4.42 Å². The van der Waals surface area contributed by atoms with Gasteiger partial charge < -0.3 is 9.32 Å². The third kappa shape index (κ3) is 1.51. The quantitative estimate of drug-likeness (QED) is 0.717. The van der Waals surface area contributed by atoms with Gasteiger partial charge in [0.05, 0.1) is 12.0 Å². The van der Waals surface area contributed by atoms with Crippen LogP contribution in [0.4, 0.5) is 5.69 Å². The van der Waals surface area contributed by atoms with Gasteiger partial charge in [0.15, 0.2) is 0 Å². The minimum absolute atomic E-state index is 0.880. The van der Waals surface area contributed by atoms with Gasteiger partial charge in [-0.25, -0.2) is 0 Å². The highest BCUT2D eigenvalue weighted by Crippen LogP contribution is 2.28. The highest BCUT2D eigenvalue weighted by Gasteiger charge is 2.07. The molecular formula is C12H12NO. The van der Waals surface area contributed by atoms with E-state index in [0.717, 1.165) is 17.0 Å². The minimum Gasteiger partial charge on any atom is -0.464 e. The molecule has 1 radical (unpaired) electrons. The summed E-state index contributed by atoms with van der Waals surface area (Å²) in [5, 5.41) is 0. The fourth-order valence-corrected chi connectivity index (χ4v) is 1.43. The van der Waals surface area contributed by atoms with E-state index in [1.165, 1.54) is 0 Å². The standard InChI is InChI=1S/C12H12NO/c1-13(2)11-7-4-3-6-10(11)12-8-5-9-14-12/h3-6,8-9H,1-2H3. The van der Waals surface area contributed by atoms with Crippen LogP contribution in [0.15, 0.2) is 41.0 Å². The lowest BCUT2D eigenvalue weighted by molar-refractivity contribution is 0.582. The van der Waals surface area contributed by atoms with E-state index in [1.807, 2.05) is 49.3 Å². The summed E-state index contributed by atoms with van der Waals surface area (Å²) in [5.41, 5.74) is 2.12. The Bertz CT molecular complexity index is 404. The molecule has 71 valence electrons. The number of rotatable bonds is 2. The van der Waals surface area contributed by atoms with Gasteiger partial charge in [-0.2, -0.15) is 0 Å². The molecule has 0 fully saturated rings. The van der Waals surface area contributed by atoms with Gasteiger partial charge in [0.2, 0.25) is 0 Å². The summed E-state index contributed by atoms with van der Waals surface area (Å²) < 4.78 is 5.36. The summed E-state index contributed by atoms with van der Waals surface area (Å²) in [6.07, 6.45) is 1.68. The Hall–Kier alpha value is -1.70. The lowest BCUT2D eigenvalue weighted by Gasteiger charge is -2.15. The largest absolute Gasteiger partial charge is 0.464 e. The Balaban J connectivity index is 2.53. The van der Waals surface area contributed by atoms with E-state index in [4.69, 9.17) is 4.42 Å². The predicted octanol–water partition coefficient (Wildman–Crippen LogP) is 2.81. The number of anilines is 1. The molecule has 0 saturated carbocycles. The summed E-state index contributed by atoms with van der Waals surface area (Å²) in [5.74, 6) is 0.880. The molecule has 0 amide bonds. The zero-order chi connectivity index (χ0) is 9.97. The van der Waals surface area contributed by atoms with Gasteiger partial charge in [-0.15, -0.1) is 0 Å². The molecule has 1 aromatic carbocycles. The molecule has 0 N–H and O–H groups in total. The Morgan fingerprint density at radius 2 is 2.07 bits per heavy atom. The molecule has 0 saturated heterocycles. The van der Waals surface area contributed by atoms with Crippen molar-refractivity contribution in [2.45, 2.75) is 0 Å². The van der Waals surface area contributed by atoms with E-state index in [0.29, 0.717) is 0 Å². The molecule has 2 aromatic rings. The second-order valence-electron chi connectivity index (χ2n) is 3.30. The van der Waals surface area contributed by atoms with E-state index in [-0.39, 0.29) is 0 Å². The average Bonchev–Trinajstić information content (AvgIpc) is 2.70. The zero-order valence-corrected chi connectivity index (χ0v) is 8.32. The summed E-state index contributed by atoms with van der Waals surface area (Å²) in [4.78, 5) is 2.03. The van der Waals surface area contributed by atoms with Gasteiger partial charge in [-0.1, -0.05) is 12.1 Å². The second kappa shape index (κ2) is 3.58. The minimum atomic E-state index is 0.880. The molecule has 0 bridgehead atoms. The smallest absolute Gasteiger partial charge is 0.135 e. The van der Waals surface area contributed by atoms with Crippen LogP contribution in [0.5, 0.6) is 0 Å². The van der Waals surface area contributed by atoms with Crippen molar-refractivity contribution in [1.29, 1.82) is 0 Å². The van der Waals surface area contributed by atoms with Gasteiger partial charge in [-0.05, 0) is 18.2 Å². The van der Waals surface area contributed by atoms with Gasteiger partial charge in [0.25, 0.3) is 0 Å². The maximum Gasteiger partial charge on any atom is 0.135 e. The monoisotopic (exact) mass is 186 g/mol. The first-order valence-electron chi connectivity index (χ1n) is 4.51. The topological polar surface area (TPSA) is 16.4 Å². The van der Waals surface area contributed by atoms with Gasteiger partial charge in [0.1, 0.15) is 5.76 Å². The lowest BCUT2D eigenvalue weighted by Crippen LogP contribution is -2.09. The highest BCUT2D eigenvalue weighted by atomic mass is 16.3. The predicted molar refractivity (Wildman–Crippen MR) is 57.3 cm³/mol. The van der Waals surface area contributed by atoms with Crippen LogP contribution in [0.3, 0.4) is 0 Å².